The van der Waals surface area contributed by atoms with Crippen LogP contribution >= 0.6 is 0 Å². The third-order valence-electron chi connectivity index (χ3n) is 10.6. The molecule has 0 N–H and O–H groups in total. The SMILES string of the molecule is CC1(C)c2cc(-c3ccc4ccc5ccccc5c4c3)ccc2-c2ccc3c4ccccc4c4c5ccccc5ccc4c3c21. The molecule has 0 saturated heterocycles. The average molecular weight is 571 g/mol. The minimum absolute atomic E-state index is 0.162. The number of fused-ring (bicyclic) bond motifs is 15. The predicted octanol–water partition coefficient (Wildman–Crippen LogP) is 12.6. The van der Waals surface area contributed by atoms with Crippen LogP contribution in [0.3, 0.4) is 0 Å². The Hall–Kier alpha value is -5.46. The standard InChI is InChI=1S/C45H30/c1-45(2)41-26-31(30-18-17-29-16-15-27-9-3-5-11-32(27)40(29)25-30)20-21-35(41)38-24-23-37-34-13-7-8-14-36(34)42-33-12-6-4-10-28(33)19-22-39(42)43(37)44(38)45/h3-26H,1-2H3. The minimum atomic E-state index is -0.162. The third-order valence-corrected chi connectivity index (χ3v) is 10.6. The molecular formula is C45H30. The van der Waals surface area contributed by atoms with Crippen LogP contribution in [0.25, 0.3) is 86.9 Å². The molecule has 45 heavy (non-hydrogen) atoms. The Morgan fingerprint density at radius 1 is 0.356 bits per heavy atom. The Kier molecular flexibility index (Phi) is 4.88. The summed E-state index contributed by atoms with van der Waals surface area (Å²) in [4.78, 5) is 0. The molecule has 0 aliphatic heterocycles. The monoisotopic (exact) mass is 570 g/mol. The van der Waals surface area contributed by atoms with Crippen molar-refractivity contribution in [3.8, 4) is 22.3 Å². The second kappa shape index (κ2) is 8.80. The van der Waals surface area contributed by atoms with Gasteiger partial charge in [-0.3, -0.25) is 0 Å². The van der Waals surface area contributed by atoms with Gasteiger partial charge in [0.2, 0.25) is 0 Å². The molecule has 210 valence electrons. The zero-order valence-electron chi connectivity index (χ0n) is 25.4. The Balaban J connectivity index is 1.25. The fraction of sp³-hybridized carbons (Fsp3) is 0.0667. The van der Waals surface area contributed by atoms with Gasteiger partial charge in [-0.15, -0.1) is 0 Å². The lowest BCUT2D eigenvalue weighted by Crippen LogP contribution is -2.16. The van der Waals surface area contributed by atoms with Crippen LogP contribution < -0.4 is 0 Å². The first-order chi connectivity index (χ1) is 22.1. The van der Waals surface area contributed by atoms with Crippen molar-refractivity contribution < 1.29 is 0 Å². The third kappa shape index (κ3) is 3.32. The van der Waals surface area contributed by atoms with E-state index >= 15 is 0 Å². The molecule has 0 radical (unpaired) electrons. The van der Waals surface area contributed by atoms with Gasteiger partial charge in [-0.1, -0.05) is 147 Å². The highest BCUT2D eigenvalue weighted by molar-refractivity contribution is 6.32. The largest absolute Gasteiger partial charge is 0.0616 e. The fourth-order valence-electron chi connectivity index (χ4n) is 8.48. The molecule has 0 saturated carbocycles. The summed E-state index contributed by atoms with van der Waals surface area (Å²) >= 11 is 0. The van der Waals surface area contributed by atoms with Crippen LogP contribution in [-0.4, -0.2) is 0 Å². The molecule has 0 heteroatoms. The van der Waals surface area contributed by atoms with Crippen molar-refractivity contribution in [2.24, 2.45) is 0 Å². The molecule has 1 aliphatic rings. The highest BCUT2D eigenvalue weighted by Gasteiger charge is 2.38. The Morgan fingerprint density at radius 2 is 0.889 bits per heavy atom. The smallest absolute Gasteiger partial charge is 0.0165 e. The number of hydrogen-bond donors (Lipinski definition) is 0. The normalized spacial score (nSPS) is 13.7. The van der Waals surface area contributed by atoms with E-state index in [2.05, 4.69) is 159 Å². The van der Waals surface area contributed by atoms with Crippen molar-refractivity contribution in [2.45, 2.75) is 19.3 Å². The molecular weight excluding hydrogens is 540 g/mol. The molecule has 0 heterocycles. The molecule has 0 atom stereocenters. The maximum Gasteiger partial charge on any atom is 0.0165 e. The summed E-state index contributed by atoms with van der Waals surface area (Å²) in [5, 5.41) is 15.9. The maximum absolute atomic E-state index is 2.46. The summed E-state index contributed by atoms with van der Waals surface area (Å²) in [5.74, 6) is 0. The zero-order valence-corrected chi connectivity index (χ0v) is 25.4. The molecule has 0 fully saturated rings. The van der Waals surface area contributed by atoms with Gasteiger partial charge >= 0.3 is 0 Å². The Labute approximate surface area is 262 Å². The maximum atomic E-state index is 2.46. The number of rotatable bonds is 1. The van der Waals surface area contributed by atoms with E-state index in [9.17, 15) is 0 Å². The van der Waals surface area contributed by atoms with Crippen LogP contribution in [0.4, 0.5) is 0 Å². The van der Waals surface area contributed by atoms with Gasteiger partial charge in [-0.25, -0.2) is 0 Å². The van der Waals surface area contributed by atoms with Crippen LogP contribution in [0.15, 0.2) is 146 Å². The molecule has 0 spiro atoms. The lowest BCUT2D eigenvalue weighted by Gasteiger charge is -2.25. The lowest BCUT2D eigenvalue weighted by atomic mass is 9.77. The van der Waals surface area contributed by atoms with Crippen LogP contribution in [0.5, 0.6) is 0 Å². The summed E-state index contributed by atoms with van der Waals surface area (Å²) in [7, 11) is 0. The van der Waals surface area contributed by atoms with Crippen molar-refractivity contribution in [3.05, 3.63) is 157 Å². The average Bonchev–Trinajstić information content (AvgIpc) is 3.33. The summed E-state index contributed by atoms with van der Waals surface area (Å²) in [5.41, 5.74) is 7.95. The summed E-state index contributed by atoms with van der Waals surface area (Å²) in [6.07, 6.45) is 0. The number of benzene rings is 9. The van der Waals surface area contributed by atoms with E-state index < -0.39 is 0 Å². The summed E-state index contributed by atoms with van der Waals surface area (Å²) in [6, 6.07) is 54.5. The van der Waals surface area contributed by atoms with E-state index in [0.29, 0.717) is 0 Å². The van der Waals surface area contributed by atoms with Gasteiger partial charge < -0.3 is 0 Å². The van der Waals surface area contributed by atoms with Crippen LogP contribution in [-0.2, 0) is 5.41 Å². The topological polar surface area (TPSA) is 0 Å². The highest BCUT2D eigenvalue weighted by atomic mass is 14.4. The quantitative estimate of drug-likeness (QED) is 0.172. The lowest BCUT2D eigenvalue weighted by molar-refractivity contribution is 0.667. The van der Waals surface area contributed by atoms with Gasteiger partial charge in [-0.05, 0) is 110 Å². The van der Waals surface area contributed by atoms with Gasteiger partial charge in [-0.2, -0.15) is 0 Å². The fourth-order valence-corrected chi connectivity index (χ4v) is 8.48. The summed E-state index contributed by atoms with van der Waals surface area (Å²) in [6.45, 7) is 4.85. The Morgan fingerprint density at radius 3 is 1.71 bits per heavy atom. The van der Waals surface area contributed by atoms with E-state index in [1.807, 2.05) is 0 Å². The van der Waals surface area contributed by atoms with Crippen LogP contribution in [0.2, 0.25) is 0 Å². The van der Waals surface area contributed by atoms with Crippen molar-refractivity contribution >= 4 is 64.6 Å². The first-order valence-corrected chi connectivity index (χ1v) is 15.9. The zero-order chi connectivity index (χ0) is 29.9. The van der Waals surface area contributed by atoms with Crippen LogP contribution in [0.1, 0.15) is 25.0 Å². The van der Waals surface area contributed by atoms with Crippen molar-refractivity contribution in [3.63, 3.8) is 0 Å². The van der Waals surface area contributed by atoms with Gasteiger partial charge in [0, 0.05) is 5.41 Å². The van der Waals surface area contributed by atoms with E-state index in [1.165, 1.54) is 98.0 Å². The Bertz CT molecular complexity index is 2720. The molecule has 0 bridgehead atoms. The molecule has 0 amide bonds. The second-order valence-electron chi connectivity index (χ2n) is 13.3. The minimum Gasteiger partial charge on any atom is -0.0616 e. The van der Waals surface area contributed by atoms with Gasteiger partial charge in [0.15, 0.2) is 0 Å². The van der Waals surface area contributed by atoms with Gasteiger partial charge in [0.25, 0.3) is 0 Å². The first-order valence-electron chi connectivity index (χ1n) is 15.9. The van der Waals surface area contributed by atoms with Crippen molar-refractivity contribution in [1.29, 1.82) is 0 Å². The molecule has 0 nitrogen and oxygen atoms in total. The molecule has 10 rings (SSSR count). The van der Waals surface area contributed by atoms with Gasteiger partial charge in [0.1, 0.15) is 0 Å². The molecule has 0 unspecified atom stereocenters. The molecule has 9 aromatic carbocycles. The predicted molar refractivity (Wildman–Crippen MR) is 194 cm³/mol. The van der Waals surface area contributed by atoms with Crippen molar-refractivity contribution in [2.75, 3.05) is 0 Å². The highest BCUT2D eigenvalue weighted by Crippen LogP contribution is 2.54. The van der Waals surface area contributed by atoms with E-state index in [-0.39, 0.29) is 5.41 Å². The van der Waals surface area contributed by atoms with E-state index in [1.54, 1.807) is 0 Å². The van der Waals surface area contributed by atoms with E-state index in [0.717, 1.165) is 0 Å². The van der Waals surface area contributed by atoms with E-state index in [4.69, 9.17) is 0 Å². The molecule has 9 aromatic rings. The molecule has 0 aromatic heterocycles. The molecule has 1 aliphatic carbocycles. The van der Waals surface area contributed by atoms with Gasteiger partial charge in [0.05, 0.1) is 0 Å². The first kappa shape index (κ1) is 24.9. The number of hydrogen-bond acceptors (Lipinski definition) is 0. The summed E-state index contributed by atoms with van der Waals surface area (Å²) < 4.78 is 0. The second-order valence-corrected chi connectivity index (χ2v) is 13.3. The van der Waals surface area contributed by atoms with Crippen LogP contribution in [0, 0.1) is 0 Å². The van der Waals surface area contributed by atoms with Crippen molar-refractivity contribution in [1.82, 2.24) is 0 Å².